The molecule has 1 unspecified atom stereocenters. The molecule has 0 saturated heterocycles. The summed E-state index contributed by atoms with van der Waals surface area (Å²) in [5.74, 6) is 1.02. The summed E-state index contributed by atoms with van der Waals surface area (Å²) in [4.78, 5) is 16.0. The van der Waals surface area contributed by atoms with E-state index in [1.807, 2.05) is 27.8 Å². The molecular formula is C30H33N5O. The molecule has 0 bridgehead atoms. The monoisotopic (exact) mass is 479 g/mol. The quantitative estimate of drug-likeness (QED) is 0.385. The number of hydrogen-bond acceptors (Lipinski definition) is 2. The first-order valence-corrected chi connectivity index (χ1v) is 13.1. The van der Waals surface area contributed by atoms with Crippen molar-refractivity contribution in [1.29, 1.82) is 0 Å². The lowest BCUT2D eigenvalue weighted by molar-refractivity contribution is 0.176. The smallest absolute Gasteiger partial charge is 0.318 e. The van der Waals surface area contributed by atoms with Gasteiger partial charge in [0.2, 0.25) is 0 Å². The van der Waals surface area contributed by atoms with Crippen molar-refractivity contribution >= 4 is 6.03 Å². The Morgan fingerprint density at radius 3 is 2.58 bits per heavy atom. The van der Waals surface area contributed by atoms with E-state index in [9.17, 15) is 4.79 Å². The minimum atomic E-state index is -0.206. The van der Waals surface area contributed by atoms with E-state index in [1.54, 1.807) is 0 Å². The van der Waals surface area contributed by atoms with Crippen molar-refractivity contribution in [3.63, 3.8) is 0 Å². The zero-order valence-corrected chi connectivity index (χ0v) is 21.0. The second-order valence-electron chi connectivity index (χ2n) is 10.0. The highest BCUT2D eigenvalue weighted by atomic mass is 16.2. The van der Waals surface area contributed by atoms with E-state index in [-0.39, 0.29) is 18.1 Å². The zero-order valence-electron chi connectivity index (χ0n) is 21.0. The van der Waals surface area contributed by atoms with E-state index in [1.165, 1.54) is 18.4 Å². The van der Waals surface area contributed by atoms with Crippen LogP contribution in [-0.4, -0.2) is 31.3 Å². The molecule has 1 N–H and O–H groups in total. The number of rotatable bonds is 4. The van der Waals surface area contributed by atoms with Crippen LogP contribution in [0.1, 0.15) is 66.7 Å². The Morgan fingerprint density at radius 2 is 1.83 bits per heavy atom. The summed E-state index contributed by atoms with van der Waals surface area (Å²) in [5.41, 5.74) is 6.53. The van der Waals surface area contributed by atoms with E-state index < -0.39 is 0 Å². The van der Waals surface area contributed by atoms with Gasteiger partial charge in [-0.25, -0.2) is 9.48 Å². The number of benzene rings is 2. The number of aromatic nitrogens is 3. The molecule has 2 aromatic carbocycles. The molecule has 6 rings (SSSR count). The minimum absolute atomic E-state index is 0.00326. The highest BCUT2D eigenvalue weighted by molar-refractivity contribution is 5.76. The molecule has 6 heteroatoms. The van der Waals surface area contributed by atoms with Gasteiger partial charge in [-0.2, -0.15) is 5.10 Å². The Bertz CT molecular complexity index is 1380. The van der Waals surface area contributed by atoms with Crippen molar-refractivity contribution < 1.29 is 4.79 Å². The van der Waals surface area contributed by atoms with Crippen LogP contribution >= 0.6 is 0 Å². The first-order valence-electron chi connectivity index (χ1n) is 13.1. The van der Waals surface area contributed by atoms with Crippen molar-refractivity contribution in [2.75, 3.05) is 0 Å². The third kappa shape index (κ3) is 3.91. The molecule has 4 aromatic rings. The van der Waals surface area contributed by atoms with Crippen LogP contribution < -0.4 is 5.32 Å². The number of aryl methyl sites for hydroxylation is 2. The fourth-order valence-corrected chi connectivity index (χ4v) is 5.87. The third-order valence-electron chi connectivity index (χ3n) is 7.61. The minimum Gasteiger partial charge on any atom is -0.335 e. The maximum Gasteiger partial charge on any atom is 0.318 e. The van der Waals surface area contributed by atoms with Gasteiger partial charge >= 0.3 is 6.03 Å². The van der Waals surface area contributed by atoms with Crippen molar-refractivity contribution in [1.82, 2.24) is 24.6 Å². The van der Waals surface area contributed by atoms with Gasteiger partial charge in [-0.3, -0.25) is 0 Å². The van der Waals surface area contributed by atoms with Crippen LogP contribution in [0.3, 0.4) is 0 Å². The zero-order chi connectivity index (χ0) is 24.6. The first-order chi connectivity index (χ1) is 17.6. The molecule has 2 amide bonds. The Kier molecular flexibility index (Phi) is 5.88. The normalized spacial score (nSPS) is 17.5. The number of nitrogens with zero attached hydrogens (tertiary/aromatic N) is 4. The molecule has 1 saturated carbocycles. The maximum absolute atomic E-state index is 14.0. The second kappa shape index (κ2) is 9.34. The Labute approximate surface area is 212 Å². The second-order valence-corrected chi connectivity index (χ2v) is 10.0. The number of para-hydroxylation sites is 1. The fourth-order valence-electron chi connectivity index (χ4n) is 5.87. The van der Waals surface area contributed by atoms with Crippen LogP contribution in [0, 0.1) is 6.92 Å². The summed E-state index contributed by atoms with van der Waals surface area (Å²) < 4.78 is 4.29. The average molecular weight is 480 g/mol. The van der Waals surface area contributed by atoms with E-state index >= 15 is 0 Å². The van der Waals surface area contributed by atoms with Crippen LogP contribution in [0.4, 0.5) is 4.79 Å². The summed E-state index contributed by atoms with van der Waals surface area (Å²) >= 11 is 0. The molecule has 1 aliphatic heterocycles. The van der Waals surface area contributed by atoms with Gasteiger partial charge in [-0.1, -0.05) is 67.8 Å². The predicted molar refractivity (Wildman–Crippen MR) is 142 cm³/mol. The van der Waals surface area contributed by atoms with Crippen molar-refractivity contribution in [2.24, 2.45) is 0 Å². The van der Waals surface area contributed by atoms with Gasteiger partial charge < -0.3 is 14.8 Å². The molecule has 0 spiro atoms. The largest absolute Gasteiger partial charge is 0.335 e. The molecule has 6 nitrogen and oxygen atoms in total. The number of amides is 2. The van der Waals surface area contributed by atoms with Gasteiger partial charge in [0.1, 0.15) is 5.82 Å². The molecule has 2 aromatic heterocycles. The highest BCUT2D eigenvalue weighted by Gasteiger charge is 2.37. The molecule has 2 aliphatic rings. The van der Waals surface area contributed by atoms with Crippen LogP contribution in [-0.2, 0) is 13.0 Å². The summed E-state index contributed by atoms with van der Waals surface area (Å²) in [7, 11) is 0. The Hall–Kier alpha value is -3.80. The standard InChI is InChI=1S/C30H33N5O/c1-3-26-25-20-34(30(36)31-23-13-7-8-14-23)28(22-12-9-11-21(2)19-22)27-17-10-18-33(27)29(25)35(32-26)24-15-5-4-6-16-24/h4-6,9-12,15-19,23,28H,3,7-8,13-14,20H2,1-2H3,(H,31,36). The summed E-state index contributed by atoms with van der Waals surface area (Å²) in [6, 6.07) is 23.1. The molecular weight excluding hydrogens is 446 g/mol. The summed E-state index contributed by atoms with van der Waals surface area (Å²) in [6.45, 7) is 4.75. The Morgan fingerprint density at radius 1 is 1.03 bits per heavy atom. The molecule has 184 valence electrons. The number of hydrogen-bond donors (Lipinski definition) is 1. The average Bonchev–Trinajstić information content (AvgIpc) is 3.63. The van der Waals surface area contributed by atoms with Crippen molar-refractivity contribution in [3.05, 3.63) is 101 Å². The first kappa shape index (κ1) is 22.7. The van der Waals surface area contributed by atoms with E-state index in [0.717, 1.165) is 53.3 Å². The number of carbonyl (C=O) groups is 1. The molecule has 1 fully saturated rings. The lowest BCUT2D eigenvalue weighted by Crippen LogP contribution is -2.45. The van der Waals surface area contributed by atoms with Gasteiger partial charge in [0, 0.05) is 17.8 Å². The van der Waals surface area contributed by atoms with Gasteiger partial charge in [0.25, 0.3) is 0 Å². The van der Waals surface area contributed by atoms with Gasteiger partial charge in [0.15, 0.2) is 0 Å². The van der Waals surface area contributed by atoms with Crippen molar-refractivity contribution in [3.8, 4) is 11.5 Å². The highest BCUT2D eigenvalue weighted by Crippen LogP contribution is 2.39. The van der Waals surface area contributed by atoms with Gasteiger partial charge in [-0.15, -0.1) is 0 Å². The van der Waals surface area contributed by atoms with Crippen LogP contribution in [0.5, 0.6) is 0 Å². The van der Waals surface area contributed by atoms with E-state index in [4.69, 9.17) is 5.10 Å². The lowest BCUT2D eigenvalue weighted by atomic mass is 10.00. The van der Waals surface area contributed by atoms with Crippen LogP contribution in [0.2, 0.25) is 0 Å². The molecule has 0 radical (unpaired) electrons. The topological polar surface area (TPSA) is 55.1 Å². The van der Waals surface area contributed by atoms with E-state index in [2.05, 4.69) is 78.5 Å². The van der Waals surface area contributed by atoms with Gasteiger partial charge in [0.05, 0.1) is 29.7 Å². The molecule has 1 aliphatic carbocycles. The molecule has 1 atom stereocenters. The van der Waals surface area contributed by atoms with Crippen molar-refractivity contribution in [2.45, 2.75) is 64.6 Å². The van der Waals surface area contributed by atoms with E-state index in [0.29, 0.717) is 6.54 Å². The van der Waals surface area contributed by atoms with Crippen LogP contribution in [0.15, 0.2) is 72.9 Å². The summed E-state index contributed by atoms with van der Waals surface area (Å²) in [6.07, 6.45) is 7.39. The third-order valence-corrected chi connectivity index (χ3v) is 7.61. The molecule has 3 heterocycles. The Balaban J connectivity index is 1.55. The molecule has 36 heavy (non-hydrogen) atoms. The SMILES string of the molecule is CCc1nn(-c2ccccc2)c2c1CN(C(=O)NC1CCCC1)C(c1cccc(C)c1)c1cccn1-2. The summed E-state index contributed by atoms with van der Waals surface area (Å²) in [5, 5.41) is 8.42. The number of fused-ring (bicyclic) bond motifs is 3. The number of nitrogens with one attached hydrogen (secondary N) is 1. The lowest BCUT2D eigenvalue weighted by Gasteiger charge is -2.32. The predicted octanol–water partition coefficient (Wildman–Crippen LogP) is 6.09. The van der Waals surface area contributed by atoms with Gasteiger partial charge in [-0.05, 0) is 56.0 Å². The van der Waals surface area contributed by atoms with Crippen LogP contribution in [0.25, 0.3) is 11.5 Å². The maximum atomic E-state index is 14.0. The number of urea groups is 1. The number of carbonyl (C=O) groups excluding carboxylic acids is 1. The fraction of sp³-hybridized carbons (Fsp3) is 0.333.